The van der Waals surface area contributed by atoms with Crippen LogP contribution >= 0.6 is 11.3 Å². The monoisotopic (exact) mass is 545 g/mol. The second kappa shape index (κ2) is 13.3. The van der Waals surface area contributed by atoms with Crippen LogP contribution in [0.5, 0.6) is 0 Å². The summed E-state index contributed by atoms with van der Waals surface area (Å²) in [6.07, 6.45) is 5.16. The highest BCUT2D eigenvalue weighted by Gasteiger charge is 2.40. The molecule has 1 aliphatic carbocycles. The Labute approximate surface area is 227 Å². The normalized spacial score (nSPS) is 23.7. The molecule has 1 aliphatic heterocycles. The van der Waals surface area contributed by atoms with Crippen molar-refractivity contribution in [2.45, 2.75) is 57.5 Å². The highest BCUT2D eigenvalue weighted by Crippen LogP contribution is 2.29. The summed E-state index contributed by atoms with van der Waals surface area (Å²) < 4.78 is 10.4. The predicted molar refractivity (Wildman–Crippen MR) is 144 cm³/mol. The molecular formula is C27H39N5O5S. The Morgan fingerprint density at radius 3 is 2.63 bits per heavy atom. The smallest absolute Gasteiger partial charge is 0.276 e. The zero-order valence-corrected chi connectivity index (χ0v) is 23.1. The molecule has 2 aliphatic rings. The fourth-order valence-corrected chi connectivity index (χ4v) is 6.23. The van der Waals surface area contributed by atoms with Crippen molar-refractivity contribution in [3.8, 4) is 0 Å². The number of rotatable bonds is 10. The number of hydrogen-bond donors (Lipinski definition) is 2. The third-order valence-corrected chi connectivity index (χ3v) is 8.68. The van der Waals surface area contributed by atoms with Gasteiger partial charge in [0.05, 0.1) is 11.5 Å². The van der Waals surface area contributed by atoms with Crippen molar-refractivity contribution in [2.75, 3.05) is 39.9 Å². The van der Waals surface area contributed by atoms with E-state index in [4.69, 9.17) is 15.0 Å². The van der Waals surface area contributed by atoms with Gasteiger partial charge in [0.1, 0.15) is 11.8 Å². The Kier molecular flexibility index (Phi) is 9.92. The van der Waals surface area contributed by atoms with Crippen molar-refractivity contribution in [2.24, 2.45) is 17.6 Å². The van der Waals surface area contributed by atoms with Crippen molar-refractivity contribution in [1.82, 2.24) is 20.3 Å². The topological polar surface area (TPSA) is 131 Å². The summed E-state index contributed by atoms with van der Waals surface area (Å²) in [5.41, 5.74) is 6.05. The number of thiophene rings is 1. The Bertz CT molecular complexity index is 1070. The maximum atomic E-state index is 13.6. The Hall–Kier alpha value is -2.76. The van der Waals surface area contributed by atoms with Gasteiger partial charge in [0, 0.05) is 38.9 Å². The number of nitrogens with zero attached hydrogens (tertiary/aromatic N) is 3. The first kappa shape index (κ1) is 28.3. The molecule has 38 heavy (non-hydrogen) atoms. The summed E-state index contributed by atoms with van der Waals surface area (Å²) in [5.74, 6) is 0.953. The molecule has 0 radical (unpaired) electrons. The number of piperidine rings is 1. The molecule has 0 bridgehead atoms. The standard InChI is InChI=1S/C27H39N5O5S/c1-18-14-22(30-37-18)26(34)31(11-12-36-2)21-9-10-32(27(35)24-4-3-13-38-24)23(15-21)25(33)29-17-20-7-5-19(16-28)6-8-20/h3-4,13-14,19-21,23H,5-12,15-17,28H2,1-2H3,(H,29,33)/t19?,20?,21?,23-/m1/s1. The third kappa shape index (κ3) is 6.81. The highest BCUT2D eigenvalue weighted by molar-refractivity contribution is 7.12. The van der Waals surface area contributed by atoms with Crippen molar-refractivity contribution < 1.29 is 23.6 Å². The number of carbonyl (C=O) groups excluding carboxylic acids is 3. The minimum absolute atomic E-state index is 0.149. The fraction of sp³-hybridized carbons (Fsp3) is 0.630. The molecule has 3 heterocycles. The number of nitrogens with two attached hydrogens (primary N) is 1. The number of amides is 3. The number of aryl methyl sites for hydroxylation is 1. The van der Waals surface area contributed by atoms with Crippen LogP contribution in [0.25, 0.3) is 0 Å². The number of hydrogen-bond acceptors (Lipinski definition) is 8. The number of nitrogens with one attached hydrogen (secondary N) is 1. The fourth-order valence-electron chi connectivity index (χ4n) is 5.55. The van der Waals surface area contributed by atoms with Crippen LogP contribution in [0.15, 0.2) is 28.1 Å². The largest absolute Gasteiger partial charge is 0.383 e. The summed E-state index contributed by atoms with van der Waals surface area (Å²) in [4.78, 5) is 44.3. The average molecular weight is 546 g/mol. The SMILES string of the molecule is COCCN(C(=O)c1cc(C)on1)C1CCN(C(=O)c2cccs2)[C@@H](C(=O)NCC2CCC(CN)CC2)C1. The van der Waals surface area contributed by atoms with Crippen molar-refractivity contribution in [1.29, 1.82) is 0 Å². The minimum Gasteiger partial charge on any atom is -0.383 e. The highest BCUT2D eigenvalue weighted by atomic mass is 32.1. The van der Waals surface area contributed by atoms with E-state index >= 15 is 0 Å². The molecule has 1 saturated heterocycles. The predicted octanol–water partition coefficient (Wildman–Crippen LogP) is 2.69. The van der Waals surface area contributed by atoms with E-state index in [1.54, 1.807) is 36.0 Å². The summed E-state index contributed by atoms with van der Waals surface area (Å²) in [5, 5.41) is 8.90. The van der Waals surface area contributed by atoms with Crippen LogP contribution in [0.2, 0.25) is 0 Å². The Morgan fingerprint density at radius 1 is 1.24 bits per heavy atom. The van der Waals surface area contributed by atoms with Gasteiger partial charge in [0.15, 0.2) is 5.69 Å². The third-order valence-electron chi connectivity index (χ3n) is 7.82. The molecule has 10 nitrogen and oxygen atoms in total. The van der Waals surface area contributed by atoms with Crippen LogP contribution in [0, 0.1) is 18.8 Å². The van der Waals surface area contributed by atoms with E-state index < -0.39 is 6.04 Å². The van der Waals surface area contributed by atoms with Gasteiger partial charge in [-0.15, -0.1) is 11.3 Å². The number of carbonyl (C=O) groups is 3. The van der Waals surface area contributed by atoms with Crippen molar-refractivity contribution in [3.63, 3.8) is 0 Å². The molecule has 2 atom stereocenters. The summed E-state index contributed by atoms with van der Waals surface area (Å²) in [7, 11) is 1.59. The van der Waals surface area contributed by atoms with Gasteiger partial charge in [-0.1, -0.05) is 11.2 Å². The quantitative estimate of drug-likeness (QED) is 0.469. The first-order valence-electron chi connectivity index (χ1n) is 13.5. The lowest BCUT2D eigenvalue weighted by Crippen LogP contribution is -2.58. The van der Waals surface area contributed by atoms with Crippen LogP contribution in [0.1, 0.15) is 64.4 Å². The average Bonchev–Trinajstić information content (AvgIpc) is 3.64. The van der Waals surface area contributed by atoms with Crippen LogP contribution in [0.4, 0.5) is 0 Å². The second-order valence-corrected chi connectivity index (χ2v) is 11.3. The zero-order chi connectivity index (χ0) is 27.1. The van der Waals surface area contributed by atoms with Gasteiger partial charge in [0.25, 0.3) is 11.8 Å². The first-order valence-corrected chi connectivity index (χ1v) is 14.3. The van der Waals surface area contributed by atoms with E-state index in [1.165, 1.54) is 11.3 Å². The van der Waals surface area contributed by atoms with Crippen molar-refractivity contribution in [3.05, 3.63) is 39.9 Å². The van der Waals surface area contributed by atoms with Gasteiger partial charge in [-0.05, 0) is 75.3 Å². The lowest BCUT2D eigenvalue weighted by atomic mass is 9.82. The van der Waals surface area contributed by atoms with Crippen LogP contribution in [0.3, 0.4) is 0 Å². The van der Waals surface area contributed by atoms with Crippen LogP contribution in [-0.2, 0) is 9.53 Å². The first-order chi connectivity index (χ1) is 18.4. The molecule has 0 aromatic carbocycles. The molecule has 208 valence electrons. The number of likely N-dealkylation sites (tertiary alicyclic amines) is 1. The van der Waals surface area contributed by atoms with E-state index in [0.717, 1.165) is 25.7 Å². The Balaban J connectivity index is 1.49. The maximum absolute atomic E-state index is 13.6. The molecule has 2 aromatic heterocycles. The van der Waals surface area contributed by atoms with Gasteiger partial charge < -0.3 is 30.1 Å². The van der Waals surface area contributed by atoms with Gasteiger partial charge >= 0.3 is 0 Å². The zero-order valence-electron chi connectivity index (χ0n) is 22.3. The molecular weight excluding hydrogens is 506 g/mol. The lowest BCUT2D eigenvalue weighted by Gasteiger charge is -2.42. The molecule has 3 amide bonds. The molecule has 11 heteroatoms. The molecule has 0 spiro atoms. The maximum Gasteiger partial charge on any atom is 0.276 e. The Morgan fingerprint density at radius 2 is 2.00 bits per heavy atom. The number of ether oxygens (including phenoxy) is 1. The van der Waals surface area contributed by atoms with Gasteiger partial charge in [0.2, 0.25) is 5.91 Å². The van der Waals surface area contributed by atoms with Gasteiger partial charge in [-0.2, -0.15) is 0 Å². The van der Waals surface area contributed by atoms with E-state index in [2.05, 4.69) is 10.5 Å². The van der Waals surface area contributed by atoms with Crippen LogP contribution in [-0.4, -0.2) is 84.7 Å². The second-order valence-electron chi connectivity index (χ2n) is 10.4. The van der Waals surface area contributed by atoms with Gasteiger partial charge in [-0.25, -0.2) is 0 Å². The molecule has 1 unspecified atom stereocenters. The number of aromatic nitrogens is 1. The summed E-state index contributed by atoms with van der Waals surface area (Å²) in [6.45, 7) is 4.11. The molecule has 2 aromatic rings. The molecule has 1 saturated carbocycles. The van der Waals surface area contributed by atoms with Crippen LogP contribution < -0.4 is 11.1 Å². The van der Waals surface area contributed by atoms with Gasteiger partial charge in [-0.3, -0.25) is 14.4 Å². The van der Waals surface area contributed by atoms with E-state index in [-0.39, 0.29) is 29.5 Å². The number of methoxy groups -OCH3 is 1. The van der Waals surface area contributed by atoms with E-state index in [9.17, 15) is 14.4 Å². The van der Waals surface area contributed by atoms with E-state index in [1.807, 2.05) is 11.4 Å². The summed E-state index contributed by atoms with van der Waals surface area (Å²) >= 11 is 1.37. The van der Waals surface area contributed by atoms with Crippen molar-refractivity contribution >= 4 is 29.1 Å². The lowest BCUT2D eigenvalue weighted by molar-refractivity contribution is -0.127. The molecule has 2 fully saturated rings. The summed E-state index contributed by atoms with van der Waals surface area (Å²) in [6, 6.07) is 4.30. The molecule has 3 N–H and O–H groups in total. The minimum atomic E-state index is -0.680. The van der Waals surface area contributed by atoms with E-state index in [0.29, 0.717) is 68.1 Å². The molecule has 4 rings (SSSR count).